The number of carbonyl (C=O) groups is 4. The van der Waals surface area contributed by atoms with Crippen molar-refractivity contribution in [2.45, 2.75) is 97.4 Å². The fraction of sp³-hybridized carbons (Fsp3) is 0.586. The Hall–Kier alpha value is -3.40. The molecule has 0 fully saturated rings. The van der Waals surface area contributed by atoms with Crippen LogP contribution in [0.4, 0.5) is 0 Å². The number of carboxylic acids is 1. The van der Waals surface area contributed by atoms with Crippen molar-refractivity contribution in [3.05, 3.63) is 36.0 Å². The minimum atomic E-state index is -1.19. The van der Waals surface area contributed by atoms with Gasteiger partial charge in [-0.1, -0.05) is 65.2 Å². The fourth-order valence-electron chi connectivity index (χ4n) is 4.33. The number of ether oxygens (including phenoxy) is 1. The number of amides is 2. The van der Waals surface area contributed by atoms with E-state index in [2.05, 4.69) is 22.5 Å². The van der Waals surface area contributed by atoms with Gasteiger partial charge >= 0.3 is 11.9 Å². The van der Waals surface area contributed by atoms with Crippen molar-refractivity contribution in [2.75, 3.05) is 0 Å². The average Bonchev–Trinajstić information content (AvgIpc) is 3.32. The van der Waals surface area contributed by atoms with Gasteiger partial charge in [0.1, 0.15) is 24.2 Å². The summed E-state index contributed by atoms with van der Waals surface area (Å²) in [6.45, 7) is 9.17. The smallest absolute Gasteiger partial charge is 0.325 e. The molecule has 1 aromatic carbocycles. The molecule has 6 atom stereocenters. The van der Waals surface area contributed by atoms with Crippen LogP contribution in [0.5, 0.6) is 0 Å². The highest BCUT2D eigenvalue weighted by Crippen LogP contribution is 2.22. The summed E-state index contributed by atoms with van der Waals surface area (Å²) in [5.41, 5.74) is 7.76. The van der Waals surface area contributed by atoms with Gasteiger partial charge in [-0.25, -0.2) is 0 Å². The Morgan fingerprint density at radius 2 is 1.74 bits per heavy atom. The Morgan fingerprint density at radius 3 is 2.38 bits per heavy atom. The highest BCUT2D eigenvalue weighted by atomic mass is 16.5. The van der Waals surface area contributed by atoms with Crippen LogP contribution in [-0.2, 0) is 30.3 Å². The third kappa shape index (κ3) is 9.38. The van der Waals surface area contributed by atoms with Crippen LogP contribution in [0.3, 0.4) is 0 Å². The van der Waals surface area contributed by atoms with Gasteiger partial charge in [0.2, 0.25) is 11.8 Å². The highest BCUT2D eigenvalue weighted by Gasteiger charge is 2.31. The lowest BCUT2D eigenvalue weighted by Crippen LogP contribution is -2.52. The molecule has 0 radical (unpaired) electrons. The number of unbranched alkanes of at least 4 members (excludes halogenated alkanes) is 1. The van der Waals surface area contributed by atoms with Crippen molar-refractivity contribution in [2.24, 2.45) is 17.6 Å². The van der Waals surface area contributed by atoms with E-state index in [1.54, 1.807) is 6.20 Å². The molecule has 0 aliphatic carbocycles. The Kier molecular flexibility index (Phi) is 12.4. The predicted molar refractivity (Wildman–Crippen MR) is 150 cm³/mol. The molecule has 0 unspecified atom stereocenters. The first-order chi connectivity index (χ1) is 18.5. The zero-order chi connectivity index (χ0) is 29.1. The maximum atomic E-state index is 13.3. The molecule has 0 bridgehead atoms. The average molecular weight is 545 g/mol. The van der Waals surface area contributed by atoms with Gasteiger partial charge in [-0.3, -0.25) is 19.2 Å². The third-order valence-corrected chi connectivity index (χ3v) is 7.31. The third-order valence-electron chi connectivity index (χ3n) is 7.31. The van der Waals surface area contributed by atoms with Crippen molar-refractivity contribution in [3.8, 4) is 0 Å². The van der Waals surface area contributed by atoms with Crippen LogP contribution in [0.25, 0.3) is 10.9 Å². The summed E-state index contributed by atoms with van der Waals surface area (Å²) < 4.78 is 5.76. The number of fused-ring (bicyclic) bond motifs is 1. The molecular weight excluding hydrogens is 500 g/mol. The molecule has 0 spiro atoms. The molecule has 216 valence electrons. The van der Waals surface area contributed by atoms with Gasteiger partial charge in [0.25, 0.3) is 0 Å². The summed E-state index contributed by atoms with van der Waals surface area (Å²) in [7, 11) is 0. The normalized spacial score (nSPS) is 15.9. The van der Waals surface area contributed by atoms with E-state index in [4.69, 9.17) is 10.5 Å². The monoisotopic (exact) mass is 544 g/mol. The number of carbonyl (C=O) groups excluding carboxylic acids is 3. The van der Waals surface area contributed by atoms with Crippen LogP contribution in [0.15, 0.2) is 30.5 Å². The number of nitrogens with two attached hydrogens (primary N) is 1. The number of aromatic nitrogens is 1. The number of hydrogen-bond donors (Lipinski definition) is 5. The van der Waals surface area contributed by atoms with E-state index in [9.17, 15) is 24.3 Å². The van der Waals surface area contributed by atoms with Crippen LogP contribution < -0.4 is 16.4 Å². The number of esters is 1. The molecular formula is C29H44N4O6. The van der Waals surface area contributed by atoms with Gasteiger partial charge in [-0.2, -0.15) is 0 Å². The van der Waals surface area contributed by atoms with Crippen molar-refractivity contribution < 1.29 is 29.0 Å². The molecule has 6 N–H and O–H groups in total. The standard InChI is InChI=1S/C29H44N4O6/c1-6-8-11-18(4)24(39-29(38)26(30)17(3)7-2)15-25(34)33-23(27(35)32-19(5)28(36)37)14-20-16-31-22-13-10-9-12-21(20)22/h9-10,12-13,16-19,23-24,26,31H,6-8,11,14-15,30H2,1-5H3,(H,32,35)(H,33,34)(H,36,37)/t17-,18-,19-,23-,24+,26+/m0/s1. The predicted octanol–water partition coefficient (Wildman–Crippen LogP) is 3.29. The quantitative estimate of drug-likeness (QED) is 0.202. The number of carboxylic acid groups (broad SMARTS) is 1. The molecule has 0 aliphatic rings. The summed E-state index contributed by atoms with van der Waals surface area (Å²) in [4.78, 5) is 53.6. The van der Waals surface area contributed by atoms with E-state index in [1.807, 2.05) is 45.0 Å². The molecule has 0 saturated heterocycles. The minimum absolute atomic E-state index is 0.0709. The zero-order valence-electron chi connectivity index (χ0n) is 23.7. The highest BCUT2D eigenvalue weighted by molar-refractivity contribution is 5.92. The van der Waals surface area contributed by atoms with Gasteiger partial charge in [-0.15, -0.1) is 0 Å². The summed E-state index contributed by atoms with van der Waals surface area (Å²) in [6.07, 6.45) is 4.39. The molecule has 39 heavy (non-hydrogen) atoms. The molecule has 0 aliphatic heterocycles. The van der Waals surface area contributed by atoms with Gasteiger partial charge < -0.3 is 31.2 Å². The Morgan fingerprint density at radius 1 is 1.05 bits per heavy atom. The first kappa shape index (κ1) is 31.8. The van der Waals surface area contributed by atoms with Gasteiger partial charge in [0, 0.05) is 23.5 Å². The maximum Gasteiger partial charge on any atom is 0.325 e. The lowest BCUT2D eigenvalue weighted by Gasteiger charge is -2.27. The number of aliphatic carboxylic acids is 1. The van der Waals surface area contributed by atoms with E-state index in [-0.39, 0.29) is 24.7 Å². The van der Waals surface area contributed by atoms with E-state index < -0.39 is 48.0 Å². The molecule has 1 heterocycles. The molecule has 10 heteroatoms. The summed E-state index contributed by atoms with van der Waals surface area (Å²) in [5, 5.41) is 15.4. The lowest BCUT2D eigenvalue weighted by atomic mass is 9.94. The first-order valence-electron chi connectivity index (χ1n) is 13.8. The van der Waals surface area contributed by atoms with Gasteiger partial charge in [-0.05, 0) is 36.8 Å². The van der Waals surface area contributed by atoms with Gasteiger partial charge in [0.05, 0.1) is 6.42 Å². The topological polar surface area (TPSA) is 164 Å². The fourth-order valence-corrected chi connectivity index (χ4v) is 4.33. The minimum Gasteiger partial charge on any atom is -0.480 e. The van der Waals surface area contributed by atoms with Crippen LogP contribution in [0.1, 0.15) is 72.3 Å². The number of H-pyrrole nitrogens is 1. The maximum absolute atomic E-state index is 13.3. The largest absolute Gasteiger partial charge is 0.480 e. The Bertz CT molecular complexity index is 1120. The SMILES string of the molecule is CCCC[C@H](C)[C@@H](CC(=O)N[C@@H](Cc1c[nH]c2ccccc12)C(=O)N[C@@H](C)C(=O)O)OC(=O)[C@H](N)[C@@H](C)CC. The molecule has 10 nitrogen and oxygen atoms in total. The van der Waals surface area contributed by atoms with Crippen LogP contribution in [0, 0.1) is 11.8 Å². The molecule has 2 aromatic rings. The zero-order valence-corrected chi connectivity index (χ0v) is 23.7. The summed E-state index contributed by atoms with van der Waals surface area (Å²) in [5.74, 6) is -3.00. The second kappa shape index (κ2) is 15.3. The second-order valence-electron chi connectivity index (χ2n) is 10.5. The molecule has 1 aromatic heterocycles. The lowest BCUT2D eigenvalue weighted by molar-refractivity contribution is -0.156. The van der Waals surface area contributed by atoms with Crippen molar-refractivity contribution >= 4 is 34.7 Å². The van der Waals surface area contributed by atoms with E-state index in [0.29, 0.717) is 6.42 Å². The summed E-state index contributed by atoms with van der Waals surface area (Å²) >= 11 is 0. The molecule has 2 rings (SSSR count). The van der Waals surface area contributed by atoms with Crippen molar-refractivity contribution in [3.63, 3.8) is 0 Å². The number of benzene rings is 1. The number of rotatable bonds is 16. The van der Waals surface area contributed by atoms with E-state index >= 15 is 0 Å². The van der Waals surface area contributed by atoms with Gasteiger partial charge in [0.15, 0.2) is 0 Å². The number of hydrogen-bond acceptors (Lipinski definition) is 6. The molecule has 0 saturated carbocycles. The van der Waals surface area contributed by atoms with Crippen molar-refractivity contribution in [1.29, 1.82) is 0 Å². The van der Waals surface area contributed by atoms with E-state index in [0.717, 1.165) is 35.7 Å². The van der Waals surface area contributed by atoms with Crippen LogP contribution in [-0.4, -0.2) is 58.1 Å². The van der Waals surface area contributed by atoms with Crippen LogP contribution in [0.2, 0.25) is 0 Å². The summed E-state index contributed by atoms with van der Waals surface area (Å²) in [6, 6.07) is 4.60. The van der Waals surface area contributed by atoms with E-state index in [1.165, 1.54) is 6.92 Å². The Balaban J connectivity index is 2.23. The first-order valence-corrected chi connectivity index (χ1v) is 13.8. The van der Waals surface area contributed by atoms with Crippen LogP contribution >= 0.6 is 0 Å². The second-order valence-corrected chi connectivity index (χ2v) is 10.5. The Labute approximate surface area is 230 Å². The molecule has 2 amide bonds. The number of nitrogens with one attached hydrogen (secondary N) is 3. The van der Waals surface area contributed by atoms with Crippen molar-refractivity contribution in [1.82, 2.24) is 15.6 Å². The number of para-hydroxylation sites is 1. The number of aromatic amines is 1.